The van der Waals surface area contributed by atoms with E-state index in [2.05, 4.69) is 116 Å². The van der Waals surface area contributed by atoms with Gasteiger partial charge in [-0.1, -0.05) is 126 Å². The second-order valence-corrected chi connectivity index (χ2v) is 19.8. The number of benzene rings is 4. The van der Waals surface area contributed by atoms with Gasteiger partial charge in [-0.05, 0) is 128 Å². The standard InChI is InChI=1S/C49H59BN2S/c1-30-27-38-41-39(28-30)52(35-22-17-32(18-23-35)46(5,6)7)42-40-43(49(13,14)26-25-48(40,11)12)53-44(42)50(41)36-29-33(47(8,9)10)19-24-37(36)51(38)34-20-15-31(16-21-34)45(2,3)4/h15-24,27-29H,25-26H2,1-14H3/i11D3,12D3,13D3,14D3. The molecule has 0 radical (unpaired) electrons. The van der Waals surface area contributed by atoms with Gasteiger partial charge in [0.25, 0.3) is 6.71 Å². The normalized spacial score (nSPS) is 21.6. The molecule has 0 fully saturated rings. The molecule has 53 heavy (non-hydrogen) atoms. The number of thiophene rings is 1. The summed E-state index contributed by atoms with van der Waals surface area (Å²) >= 11 is 0.980. The Bertz CT molecular complexity index is 2660. The van der Waals surface area contributed by atoms with Gasteiger partial charge in [0.2, 0.25) is 0 Å². The van der Waals surface area contributed by atoms with Crippen molar-refractivity contribution in [2.24, 2.45) is 0 Å². The summed E-state index contributed by atoms with van der Waals surface area (Å²) in [5.74, 6) is 0. The maximum atomic E-state index is 9.21. The highest BCUT2D eigenvalue weighted by molar-refractivity contribution is 7.29. The van der Waals surface area contributed by atoms with Crippen LogP contribution in [0.1, 0.15) is 152 Å². The van der Waals surface area contributed by atoms with Crippen LogP contribution in [-0.2, 0) is 27.1 Å². The third kappa shape index (κ3) is 5.73. The summed E-state index contributed by atoms with van der Waals surface area (Å²) in [4.78, 5) is 3.96. The Labute approximate surface area is 341 Å². The zero-order valence-corrected chi connectivity index (χ0v) is 33.6. The van der Waals surface area contributed by atoms with Crippen molar-refractivity contribution < 1.29 is 16.4 Å². The number of aryl methyl sites for hydroxylation is 1. The van der Waals surface area contributed by atoms with Gasteiger partial charge in [-0.25, -0.2) is 0 Å². The van der Waals surface area contributed by atoms with E-state index in [-0.39, 0.29) is 32.4 Å². The Hall–Kier alpha value is -3.76. The average Bonchev–Trinajstić information content (AvgIpc) is 3.54. The average molecular weight is 731 g/mol. The number of fused-ring (bicyclic) bond motifs is 6. The highest BCUT2D eigenvalue weighted by Crippen LogP contribution is 2.56. The molecule has 0 bridgehead atoms. The van der Waals surface area contributed by atoms with Crippen molar-refractivity contribution in [2.75, 3.05) is 9.80 Å². The minimum atomic E-state index is -3.21. The van der Waals surface area contributed by atoms with E-state index in [1.54, 1.807) is 0 Å². The van der Waals surface area contributed by atoms with Crippen molar-refractivity contribution in [1.82, 2.24) is 0 Å². The van der Waals surface area contributed by atoms with Crippen LogP contribution in [0.4, 0.5) is 34.1 Å². The summed E-state index contributed by atoms with van der Waals surface area (Å²) in [5, 5.41) is 0. The van der Waals surface area contributed by atoms with Crippen LogP contribution in [-0.4, -0.2) is 6.71 Å². The molecule has 0 amide bonds. The molecular formula is C49H59BN2S. The van der Waals surface area contributed by atoms with Gasteiger partial charge in [0.15, 0.2) is 0 Å². The van der Waals surface area contributed by atoms with E-state index in [9.17, 15) is 8.22 Å². The Balaban J connectivity index is 1.61. The van der Waals surface area contributed by atoms with Crippen molar-refractivity contribution in [2.45, 2.75) is 137 Å². The van der Waals surface area contributed by atoms with Crippen LogP contribution < -0.4 is 25.5 Å². The Kier molecular flexibility index (Phi) is 5.40. The van der Waals surface area contributed by atoms with Crippen molar-refractivity contribution in [3.8, 4) is 0 Å². The van der Waals surface area contributed by atoms with Crippen molar-refractivity contribution >= 4 is 67.9 Å². The van der Waals surface area contributed by atoms with E-state index >= 15 is 0 Å². The molecule has 274 valence electrons. The zero-order chi connectivity index (χ0) is 48.2. The molecule has 0 saturated heterocycles. The van der Waals surface area contributed by atoms with Gasteiger partial charge in [0.1, 0.15) is 0 Å². The molecular weight excluding hydrogens is 659 g/mol. The second-order valence-electron chi connectivity index (χ2n) is 18.8. The molecule has 3 aliphatic rings. The lowest BCUT2D eigenvalue weighted by atomic mass is 9.35. The van der Waals surface area contributed by atoms with E-state index in [0.29, 0.717) is 16.2 Å². The van der Waals surface area contributed by atoms with E-state index in [0.717, 1.165) is 56.0 Å². The quantitative estimate of drug-likeness (QED) is 0.163. The molecule has 2 nitrogen and oxygen atoms in total. The van der Waals surface area contributed by atoms with Crippen LogP contribution in [0.5, 0.6) is 0 Å². The molecule has 2 aliphatic heterocycles. The minimum Gasteiger partial charge on any atom is -0.311 e. The molecule has 5 aromatic rings. The van der Waals surface area contributed by atoms with Gasteiger partial charge in [-0.3, -0.25) is 0 Å². The maximum absolute atomic E-state index is 9.21. The predicted molar refractivity (Wildman–Crippen MR) is 234 cm³/mol. The molecule has 3 heterocycles. The summed E-state index contributed by atoms with van der Waals surface area (Å²) in [6, 6.07) is 27.0. The van der Waals surface area contributed by atoms with Gasteiger partial charge in [0, 0.05) is 54.5 Å². The molecule has 0 atom stereocenters. The molecule has 4 aromatic carbocycles. The maximum Gasteiger partial charge on any atom is 0.264 e. The van der Waals surface area contributed by atoms with Crippen LogP contribution in [0.3, 0.4) is 0 Å². The largest absolute Gasteiger partial charge is 0.311 e. The van der Waals surface area contributed by atoms with Crippen molar-refractivity contribution in [1.29, 1.82) is 0 Å². The first kappa shape index (κ1) is 24.6. The first-order chi connectivity index (χ1) is 29.6. The predicted octanol–water partition coefficient (Wildman–Crippen LogP) is 12.4. The van der Waals surface area contributed by atoms with Crippen molar-refractivity contribution in [3.63, 3.8) is 0 Å². The number of nitrogens with zero attached hydrogens (tertiary/aromatic N) is 2. The molecule has 0 saturated carbocycles. The van der Waals surface area contributed by atoms with Gasteiger partial charge in [-0.15, -0.1) is 0 Å². The summed E-state index contributed by atoms with van der Waals surface area (Å²) in [6.07, 6.45) is -1.39. The summed E-state index contributed by atoms with van der Waals surface area (Å²) in [7, 11) is 0. The first-order valence-corrected chi connectivity index (χ1v) is 19.7. The lowest BCUT2D eigenvalue weighted by molar-refractivity contribution is 0.339. The Morgan fingerprint density at radius 3 is 1.62 bits per heavy atom. The third-order valence-corrected chi connectivity index (χ3v) is 13.0. The van der Waals surface area contributed by atoms with Crippen LogP contribution in [0.25, 0.3) is 0 Å². The number of hydrogen-bond acceptors (Lipinski definition) is 3. The first-order valence-electron chi connectivity index (χ1n) is 24.9. The number of hydrogen-bond donors (Lipinski definition) is 0. The molecule has 1 aromatic heterocycles. The van der Waals surface area contributed by atoms with Gasteiger partial charge in [0.05, 0.1) is 5.69 Å². The topological polar surface area (TPSA) is 6.48 Å². The summed E-state index contributed by atoms with van der Waals surface area (Å²) in [5.41, 5.74) is 3.91. The van der Waals surface area contributed by atoms with Crippen LogP contribution in [0.2, 0.25) is 0 Å². The van der Waals surface area contributed by atoms with Gasteiger partial charge < -0.3 is 9.80 Å². The van der Waals surface area contributed by atoms with E-state index in [4.69, 9.17) is 8.22 Å². The van der Waals surface area contributed by atoms with Crippen LogP contribution >= 0.6 is 11.3 Å². The third-order valence-electron chi connectivity index (χ3n) is 11.6. The summed E-state index contributed by atoms with van der Waals surface area (Å²) in [6.45, 7) is 7.78. The molecule has 4 heteroatoms. The fourth-order valence-corrected chi connectivity index (χ4v) is 10.0. The minimum absolute atomic E-state index is 0.0946. The van der Waals surface area contributed by atoms with E-state index in [1.807, 2.05) is 42.2 Å². The number of rotatable bonds is 2. The van der Waals surface area contributed by atoms with Crippen LogP contribution in [0, 0.1) is 6.92 Å². The van der Waals surface area contributed by atoms with E-state index in [1.165, 1.54) is 5.56 Å². The highest BCUT2D eigenvalue weighted by atomic mass is 32.1. The second kappa shape index (κ2) is 11.6. The fraction of sp³-hybridized carbons (Fsp3) is 0.429. The highest BCUT2D eigenvalue weighted by Gasteiger charge is 2.50. The fourth-order valence-electron chi connectivity index (χ4n) is 8.49. The lowest BCUT2D eigenvalue weighted by Crippen LogP contribution is -2.61. The molecule has 0 spiro atoms. The monoisotopic (exact) mass is 731 g/mol. The lowest BCUT2D eigenvalue weighted by Gasteiger charge is -2.45. The smallest absolute Gasteiger partial charge is 0.264 e. The van der Waals surface area contributed by atoms with Gasteiger partial charge >= 0.3 is 0 Å². The zero-order valence-electron chi connectivity index (χ0n) is 44.8. The molecule has 0 N–H and O–H groups in total. The molecule has 1 aliphatic carbocycles. The van der Waals surface area contributed by atoms with E-state index < -0.39 is 57.8 Å². The summed E-state index contributed by atoms with van der Waals surface area (Å²) < 4.78 is 110. The van der Waals surface area contributed by atoms with Crippen molar-refractivity contribution in [3.05, 3.63) is 112 Å². The number of anilines is 6. The molecule has 0 unspecified atom stereocenters. The SMILES string of the molecule is [2H]C([2H])([2H])C1(C([2H])([2H])[2H])CCC(C([2H])([2H])[2H])(C([2H])([2H])[2H])c2c1sc1c2N(c2ccc(C(C)(C)C)cc2)c2cc(C)cc3c2B1c1cc(C(C)(C)C)ccc1N3c1ccc(C(C)(C)C)cc1. The Morgan fingerprint density at radius 2 is 1.09 bits per heavy atom. The van der Waals surface area contributed by atoms with Gasteiger partial charge in [-0.2, -0.15) is 11.3 Å². The molecule has 8 rings (SSSR count). The Morgan fingerprint density at radius 1 is 0.604 bits per heavy atom. The van der Waals surface area contributed by atoms with Crippen LogP contribution in [0.15, 0.2) is 78.9 Å².